The summed E-state index contributed by atoms with van der Waals surface area (Å²) in [5.74, 6) is 0.465. The molecule has 0 aliphatic rings. The summed E-state index contributed by atoms with van der Waals surface area (Å²) in [4.78, 5) is 26.0. The quantitative estimate of drug-likeness (QED) is 0.810. The molecule has 0 fully saturated rings. The number of amides is 2. The lowest BCUT2D eigenvalue weighted by Crippen LogP contribution is -2.35. The summed E-state index contributed by atoms with van der Waals surface area (Å²) in [5, 5.41) is 2.90. The summed E-state index contributed by atoms with van der Waals surface area (Å²) in [6, 6.07) is 11.7. The maximum absolute atomic E-state index is 12.4. The van der Waals surface area contributed by atoms with Crippen molar-refractivity contribution in [1.29, 1.82) is 0 Å². The van der Waals surface area contributed by atoms with Crippen LogP contribution in [0.15, 0.2) is 47.1 Å². The van der Waals surface area contributed by atoms with E-state index in [9.17, 15) is 9.59 Å². The van der Waals surface area contributed by atoms with Gasteiger partial charge in [-0.1, -0.05) is 30.3 Å². The lowest BCUT2D eigenvalue weighted by Gasteiger charge is -2.20. The Kier molecular flexibility index (Phi) is 6.61. The van der Waals surface area contributed by atoms with Crippen LogP contribution in [0.25, 0.3) is 0 Å². The molecule has 1 N–H and O–H groups in total. The molecule has 5 heteroatoms. The van der Waals surface area contributed by atoms with Gasteiger partial charge >= 0.3 is 0 Å². The Morgan fingerprint density at radius 1 is 1.17 bits per heavy atom. The van der Waals surface area contributed by atoms with E-state index < -0.39 is 0 Å². The minimum atomic E-state index is -0.0964. The Bertz CT molecular complexity index is 664. The van der Waals surface area contributed by atoms with Crippen LogP contribution in [0.5, 0.6) is 0 Å². The Labute approximate surface area is 142 Å². The molecule has 1 aromatic carbocycles. The zero-order valence-electron chi connectivity index (χ0n) is 14.2. The van der Waals surface area contributed by atoms with Crippen LogP contribution in [-0.4, -0.2) is 36.3 Å². The van der Waals surface area contributed by atoms with E-state index in [1.54, 1.807) is 17.9 Å². The highest BCUT2D eigenvalue weighted by molar-refractivity contribution is 5.95. The summed E-state index contributed by atoms with van der Waals surface area (Å²) in [6.45, 7) is 5.22. The fourth-order valence-corrected chi connectivity index (χ4v) is 2.50. The van der Waals surface area contributed by atoms with E-state index in [0.29, 0.717) is 37.4 Å². The van der Waals surface area contributed by atoms with Gasteiger partial charge < -0.3 is 14.6 Å². The second-order valence-corrected chi connectivity index (χ2v) is 5.61. The molecule has 1 heterocycles. The summed E-state index contributed by atoms with van der Waals surface area (Å²) < 4.78 is 5.17. The standard InChI is InChI=1S/C19H24N2O3/c1-3-21(19(23)17-11-14-24-15(17)2)13-10-18(22)20-12-9-16-7-5-4-6-8-16/h4-8,11,14H,3,9-10,12-13H2,1-2H3,(H,20,22). The third kappa shape index (κ3) is 4.98. The van der Waals surface area contributed by atoms with E-state index in [1.165, 1.54) is 11.8 Å². The Hall–Kier alpha value is -2.56. The molecule has 0 bridgehead atoms. The van der Waals surface area contributed by atoms with Gasteiger partial charge in [-0.05, 0) is 31.9 Å². The van der Waals surface area contributed by atoms with Crippen LogP contribution in [-0.2, 0) is 11.2 Å². The van der Waals surface area contributed by atoms with E-state index in [4.69, 9.17) is 4.42 Å². The summed E-state index contributed by atoms with van der Waals surface area (Å²) in [7, 11) is 0. The van der Waals surface area contributed by atoms with Gasteiger partial charge in [0.05, 0.1) is 11.8 Å². The van der Waals surface area contributed by atoms with E-state index in [0.717, 1.165) is 6.42 Å². The lowest BCUT2D eigenvalue weighted by atomic mass is 10.1. The number of nitrogens with one attached hydrogen (secondary N) is 1. The van der Waals surface area contributed by atoms with E-state index in [1.807, 2.05) is 37.3 Å². The van der Waals surface area contributed by atoms with Gasteiger partial charge in [-0.15, -0.1) is 0 Å². The van der Waals surface area contributed by atoms with E-state index >= 15 is 0 Å². The molecule has 2 aromatic rings. The van der Waals surface area contributed by atoms with Crippen LogP contribution in [0.4, 0.5) is 0 Å². The molecule has 0 radical (unpaired) electrons. The largest absolute Gasteiger partial charge is 0.469 e. The van der Waals surface area contributed by atoms with Gasteiger partial charge in [0.2, 0.25) is 5.91 Å². The Morgan fingerprint density at radius 3 is 2.54 bits per heavy atom. The number of aryl methyl sites for hydroxylation is 1. The zero-order chi connectivity index (χ0) is 17.4. The highest BCUT2D eigenvalue weighted by Crippen LogP contribution is 2.12. The number of furan rings is 1. The molecule has 0 saturated heterocycles. The summed E-state index contributed by atoms with van der Waals surface area (Å²) in [5.41, 5.74) is 1.75. The van der Waals surface area contributed by atoms with Crippen molar-refractivity contribution in [3.63, 3.8) is 0 Å². The normalized spacial score (nSPS) is 10.4. The lowest BCUT2D eigenvalue weighted by molar-refractivity contribution is -0.121. The Morgan fingerprint density at radius 2 is 1.92 bits per heavy atom. The molecule has 1 aromatic heterocycles. The van der Waals surface area contributed by atoms with Crippen molar-refractivity contribution < 1.29 is 14.0 Å². The molecular weight excluding hydrogens is 304 g/mol. The van der Waals surface area contributed by atoms with Gasteiger partial charge in [-0.3, -0.25) is 9.59 Å². The first-order valence-corrected chi connectivity index (χ1v) is 8.25. The number of hydrogen-bond acceptors (Lipinski definition) is 3. The predicted octanol–water partition coefficient (Wildman–Crippen LogP) is 2.80. The molecule has 0 unspecified atom stereocenters. The number of hydrogen-bond donors (Lipinski definition) is 1. The van der Waals surface area contributed by atoms with Crippen molar-refractivity contribution in [2.75, 3.05) is 19.6 Å². The number of carbonyl (C=O) groups excluding carboxylic acids is 2. The van der Waals surface area contributed by atoms with E-state index in [-0.39, 0.29) is 11.8 Å². The van der Waals surface area contributed by atoms with Gasteiger partial charge in [0, 0.05) is 26.1 Å². The number of benzene rings is 1. The van der Waals surface area contributed by atoms with Crippen LogP contribution in [0.1, 0.15) is 35.0 Å². The summed E-state index contributed by atoms with van der Waals surface area (Å²) in [6.07, 6.45) is 2.61. The van der Waals surface area contributed by atoms with Crippen molar-refractivity contribution in [3.8, 4) is 0 Å². The Balaban J connectivity index is 1.75. The van der Waals surface area contributed by atoms with Crippen molar-refractivity contribution in [2.24, 2.45) is 0 Å². The van der Waals surface area contributed by atoms with Crippen LogP contribution in [0.2, 0.25) is 0 Å². The van der Waals surface area contributed by atoms with Crippen molar-refractivity contribution >= 4 is 11.8 Å². The highest BCUT2D eigenvalue weighted by Gasteiger charge is 2.18. The summed E-state index contributed by atoms with van der Waals surface area (Å²) >= 11 is 0. The molecule has 0 aliphatic carbocycles. The second-order valence-electron chi connectivity index (χ2n) is 5.61. The molecular formula is C19H24N2O3. The average Bonchev–Trinajstić information content (AvgIpc) is 3.02. The number of rotatable bonds is 8. The van der Waals surface area contributed by atoms with E-state index in [2.05, 4.69) is 5.32 Å². The van der Waals surface area contributed by atoms with Crippen molar-refractivity contribution in [1.82, 2.24) is 10.2 Å². The SMILES string of the molecule is CCN(CCC(=O)NCCc1ccccc1)C(=O)c1ccoc1C. The topological polar surface area (TPSA) is 62.6 Å². The fraction of sp³-hybridized carbons (Fsp3) is 0.368. The first-order valence-electron chi connectivity index (χ1n) is 8.25. The van der Waals surface area contributed by atoms with Crippen LogP contribution < -0.4 is 5.32 Å². The van der Waals surface area contributed by atoms with Crippen molar-refractivity contribution in [2.45, 2.75) is 26.7 Å². The van der Waals surface area contributed by atoms with Crippen LogP contribution >= 0.6 is 0 Å². The first kappa shape index (κ1) is 17.8. The fourth-order valence-electron chi connectivity index (χ4n) is 2.50. The molecule has 0 spiro atoms. The van der Waals surface area contributed by atoms with Gasteiger partial charge in [0.15, 0.2) is 0 Å². The molecule has 5 nitrogen and oxygen atoms in total. The molecule has 128 valence electrons. The average molecular weight is 328 g/mol. The predicted molar refractivity (Wildman–Crippen MR) is 92.8 cm³/mol. The van der Waals surface area contributed by atoms with Gasteiger partial charge in [0.1, 0.15) is 5.76 Å². The molecule has 24 heavy (non-hydrogen) atoms. The molecule has 0 saturated carbocycles. The first-order chi connectivity index (χ1) is 11.6. The van der Waals surface area contributed by atoms with Gasteiger partial charge in [-0.2, -0.15) is 0 Å². The minimum absolute atomic E-state index is 0.0407. The minimum Gasteiger partial charge on any atom is -0.469 e. The third-order valence-corrected chi connectivity index (χ3v) is 3.95. The maximum Gasteiger partial charge on any atom is 0.257 e. The second kappa shape index (κ2) is 8.91. The van der Waals surface area contributed by atoms with Gasteiger partial charge in [-0.25, -0.2) is 0 Å². The maximum atomic E-state index is 12.4. The zero-order valence-corrected chi connectivity index (χ0v) is 14.2. The molecule has 0 atom stereocenters. The highest BCUT2D eigenvalue weighted by atomic mass is 16.3. The number of carbonyl (C=O) groups is 2. The third-order valence-electron chi connectivity index (χ3n) is 3.95. The number of nitrogens with zero attached hydrogens (tertiary/aromatic N) is 1. The molecule has 2 rings (SSSR count). The van der Waals surface area contributed by atoms with Crippen LogP contribution in [0, 0.1) is 6.92 Å². The van der Waals surface area contributed by atoms with Crippen LogP contribution in [0.3, 0.4) is 0 Å². The smallest absolute Gasteiger partial charge is 0.257 e. The molecule has 2 amide bonds. The van der Waals surface area contributed by atoms with Gasteiger partial charge in [0.25, 0.3) is 5.91 Å². The van der Waals surface area contributed by atoms with Crippen molar-refractivity contribution in [3.05, 3.63) is 59.5 Å². The monoisotopic (exact) mass is 328 g/mol. The molecule has 0 aliphatic heterocycles.